The molecule has 122 valence electrons. The predicted octanol–water partition coefficient (Wildman–Crippen LogP) is 2.05. The van der Waals surface area contributed by atoms with E-state index in [4.69, 9.17) is 10.5 Å². The van der Waals surface area contributed by atoms with Crippen molar-refractivity contribution >= 4 is 24.3 Å². The van der Waals surface area contributed by atoms with Crippen LogP contribution in [0.25, 0.3) is 0 Å². The number of nitrogens with two attached hydrogens (primary N) is 1. The van der Waals surface area contributed by atoms with E-state index >= 15 is 0 Å². The van der Waals surface area contributed by atoms with Gasteiger partial charge in [-0.05, 0) is 25.3 Å². The third-order valence-electron chi connectivity index (χ3n) is 3.54. The maximum absolute atomic E-state index is 12.4. The van der Waals surface area contributed by atoms with Crippen LogP contribution in [0.3, 0.4) is 0 Å². The number of carbonyl (C=O) groups excluding carboxylic acids is 2. The Morgan fingerprint density at radius 2 is 1.95 bits per heavy atom. The van der Waals surface area contributed by atoms with Crippen molar-refractivity contribution in [1.29, 1.82) is 0 Å². The molecule has 2 N–H and O–H groups in total. The summed E-state index contributed by atoms with van der Waals surface area (Å²) in [4.78, 5) is 25.6. The minimum absolute atomic E-state index is 0. The van der Waals surface area contributed by atoms with Gasteiger partial charge in [0.1, 0.15) is 6.54 Å². The molecular formula is C16H23ClN2O3. The quantitative estimate of drug-likeness (QED) is 0.778. The Bertz CT molecular complexity index is 491. The summed E-state index contributed by atoms with van der Waals surface area (Å²) >= 11 is 0. The summed E-state index contributed by atoms with van der Waals surface area (Å²) in [7, 11) is 0. The minimum Gasteiger partial charge on any atom is -0.465 e. The molecule has 1 amide bonds. The molecule has 6 heteroatoms. The molecule has 1 fully saturated rings. The van der Waals surface area contributed by atoms with Crippen molar-refractivity contribution in [3.63, 3.8) is 0 Å². The van der Waals surface area contributed by atoms with Crippen LogP contribution in [0.5, 0.6) is 0 Å². The summed E-state index contributed by atoms with van der Waals surface area (Å²) in [6, 6.07) is 9.35. The molecule has 0 bridgehead atoms. The minimum atomic E-state index is -0.356. The van der Waals surface area contributed by atoms with E-state index in [1.807, 2.05) is 30.3 Å². The van der Waals surface area contributed by atoms with Crippen LogP contribution in [0.4, 0.5) is 0 Å². The summed E-state index contributed by atoms with van der Waals surface area (Å²) < 4.78 is 4.93. The van der Waals surface area contributed by atoms with Crippen LogP contribution in [0.15, 0.2) is 30.3 Å². The fraction of sp³-hybridized carbons (Fsp3) is 0.500. The Labute approximate surface area is 137 Å². The second kappa shape index (κ2) is 8.76. The Hall–Kier alpha value is -1.59. The van der Waals surface area contributed by atoms with E-state index in [1.165, 1.54) is 0 Å². The van der Waals surface area contributed by atoms with Gasteiger partial charge < -0.3 is 15.4 Å². The number of carbonyl (C=O) groups is 2. The molecule has 0 heterocycles. The molecule has 1 atom stereocenters. The summed E-state index contributed by atoms with van der Waals surface area (Å²) in [6.07, 6.45) is 2.11. The maximum Gasteiger partial charge on any atom is 0.325 e. The van der Waals surface area contributed by atoms with Gasteiger partial charge in [-0.1, -0.05) is 30.3 Å². The van der Waals surface area contributed by atoms with Crippen LogP contribution < -0.4 is 5.73 Å². The molecule has 0 saturated heterocycles. The molecule has 1 aromatic carbocycles. The first-order valence-electron chi connectivity index (χ1n) is 7.37. The number of hydrogen-bond acceptors (Lipinski definition) is 4. The van der Waals surface area contributed by atoms with Gasteiger partial charge in [-0.3, -0.25) is 9.59 Å². The van der Waals surface area contributed by atoms with Crippen molar-refractivity contribution < 1.29 is 14.3 Å². The number of amides is 1. The molecule has 1 unspecified atom stereocenters. The summed E-state index contributed by atoms with van der Waals surface area (Å²) in [5, 5.41) is 0. The summed E-state index contributed by atoms with van der Waals surface area (Å²) in [6.45, 7) is 2.11. The van der Waals surface area contributed by atoms with Gasteiger partial charge in [-0.15, -0.1) is 12.4 Å². The number of ether oxygens (including phenoxy) is 1. The highest BCUT2D eigenvalue weighted by Gasteiger charge is 2.34. The second-order valence-corrected chi connectivity index (χ2v) is 5.28. The first kappa shape index (κ1) is 18.5. The fourth-order valence-corrected chi connectivity index (χ4v) is 2.28. The van der Waals surface area contributed by atoms with Crippen molar-refractivity contribution in [3.8, 4) is 0 Å². The molecule has 0 spiro atoms. The van der Waals surface area contributed by atoms with Crippen LogP contribution in [0, 0.1) is 0 Å². The Morgan fingerprint density at radius 1 is 1.32 bits per heavy atom. The molecule has 0 aromatic heterocycles. The molecule has 5 nitrogen and oxygen atoms in total. The highest BCUT2D eigenvalue weighted by atomic mass is 35.5. The molecule has 0 aliphatic heterocycles. The SMILES string of the molecule is CCOC(=O)CN(C(=O)CC(N)c1ccccc1)C1CC1.Cl. The van der Waals surface area contributed by atoms with Crippen LogP contribution in [0.1, 0.15) is 37.8 Å². The molecule has 22 heavy (non-hydrogen) atoms. The van der Waals surface area contributed by atoms with E-state index in [0.717, 1.165) is 18.4 Å². The van der Waals surface area contributed by atoms with Crippen LogP contribution in [-0.2, 0) is 14.3 Å². The third-order valence-corrected chi connectivity index (χ3v) is 3.54. The lowest BCUT2D eigenvalue weighted by Gasteiger charge is -2.23. The third kappa shape index (κ3) is 5.31. The summed E-state index contributed by atoms with van der Waals surface area (Å²) in [5.74, 6) is -0.437. The summed E-state index contributed by atoms with van der Waals surface area (Å²) in [5.41, 5.74) is 7.01. The molecule has 1 saturated carbocycles. The lowest BCUT2D eigenvalue weighted by atomic mass is 10.0. The van der Waals surface area contributed by atoms with Gasteiger partial charge in [0.15, 0.2) is 0 Å². The second-order valence-electron chi connectivity index (χ2n) is 5.28. The molecule has 0 radical (unpaired) electrons. The standard InChI is InChI=1S/C16H22N2O3.ClH/c1-2-21-16(20)11-18(13-8-9-13)15(19)10-14(17)12-6-4-3-5-7-12;/h3-7,13-14H,2,8-11,17H2,1H3;1H. The van der Waals surface area contributed by atoms with Crippen LogP contribution in [0.2, 0.25) is 0 Å². The van der Waals surface area contributed by atoms with Crippen molar-refractivity contribution in [3.05, 3.63) is 35.9 Å². The van der Waals surface area contributed by atoms with Crippen LogP contribution >= 0.6 is 12.4 Å². The molecular weight excluding hydrogens is 304 g/mol. The van der Waals surface area contributed by atoms with Gasteiger partial charge in [-0.2, -0.15) is 0 Å². The van der Waals surface area contributed by atoms with E-state index in [9.17, 15) is 9.59 Å². The number of halogens is 1. The van der Waals surface area contributed by atoms with Crippen molar-refractivity contribution in [2.24, 2.45) is 5.73 Å². The fourth-order valence-electron chi connectivity index (χ4n) is 2.28. The maximum atomic E-state index is 12.4. The van der Waals surface area contributed by atoms with E-state index in [2.05, 4.69) is 0 Å². The number of esters is 1. The smallest absolute Gasteiger partial charge is 0.325 e. The Balaban J connectivity index is 0.00000242. The van der Waals surface area contributed by atoms with E-state index < -0.39 is 0 Å². The molecule has 1 aromatic rings. The topological polar surface area (TPSA) is 72.6 Å². The van der Waals surface area contributed by atoms with Crippen LogP contribution in [-0.4, -0.2) is 36.0 Å². The van der Waals surface area contributed by atoms with E-state index in [0.29, 0.717) is 6.61 Å². The van der Waals surface area contributed by atoms with Gasteiger partial charge in [0.05, 0.1) is 6.61 Å². The van der Waals surface area contributed by atoms with Gasteiger partial charge in [0, 0.05) is 18.5 Å². The van der Waals surface area contributed by atoms with Gasteiger partial charge >= 0.3 is 5.97 Å². The Morgan fingerprint density at radius 3 is 2.50 bits per heavy atom. The molecule has 1 aliphatic carbocycles. The van der Waals surface area contributed by atoms with Crippen molar-refractivity contribution in [1.82, 2.24) is 4.90 Å². The zero-order valence-electron chi connectivity index (χ0n) is 12.7. The molecule has 2 rings (SSSR count). The van der Waals surface area contributed by atoms with Gasteiger partial charge in [0.25, 0.3) is 0 Å². The van der Waals surface area contributed by atoms with Crippen molar-refractivity contribution in [2.45, 2.75) is 38.3 Å². The lowest BCUT2D eigenvalue weighted by Crippen LogP contribution is -2.39. The van der Waals surface area contributed by atoms with Gasteiger partial charge in [0.2, 0.25) is 5.91 Å². The van der Waals surface area contributed by atoms with E-state index in [-0.39, 0.29) is 49.3 Å². The monoisotopic (exact) mass is 326 g/mol. The normalized spacial score (nSPS) is 14.6. The zero-order valence-corrected chi connectivity index (χ0v) is 13.6. The van der Waals surface area contributed by atoms with Gasteiger partial charge in [-0.25, -0.2) is 0 Å². The Kier molecular flexibility index (Phi) is 7.35. The highest BCUT2D eigenvalue weighted by molar-refractivity contribution is 5.85. The average molecular weight is 327 g/mol. The number of nitrogens with zero attached hydrogens (tertiary/aromatic N) is 1. The lowest BCUT2D eigenvalue weighted by molar-refractivity contribution is -0.149. The number of rotatable bonds is 7. The van der Waals surface area contributed by atoms with Crippen molar-refractivity contribution in [2.75, 3.05) is 13.2 Å². The largest absolute Gasteiger partial charge is 0.465 e. The highest BCUT2D eigenvalue weighted by Crippen LogP contribution is 2.28. The number of hydrogen-bond donors (Lipinski definition) is 1. The molecule has 1 aliphatic rings. The number of benzene rings is 1. The zero-order chi connectivity index (χ0) is 15.2. The average Bonchev–Trinajstić information content (AvgIpc) is 3.30. The first-order valence-corrected chi connectivity index (χ1v) is 7.37. The first-order chi connectivity index (χ1) is 10.1. The van der Waals surface area contributed by atoms with E-state index in [1.54, 1.807) is 11.8 Å². The predicted molar refractivity (Wildman–Crippen MR) is 86.6 cm³/mol.